The number of hydrogen-bond acceptors (Lipinski definition) is 6. The first-order chi connectivity index (χ1) is 20.8. The van der Waals surface area contributed by atoms with Crippen LogP contribution in [0.3, 0.4) is 0 Å². The quantitative estimate of drug-likeness (QED) is 0.399. The second kappa shape index (κ2) is 13.8. The minimum atomic E-state index is -4.70. The number of carbonyl (C=O) groups is 3. The summed E-state index contributed by atoms with van der Waals surface area (Å²) in [5.74, 6) is -0.915. The molecule has 3 amide bonds. The smallest absolute Gasteiger partial charge is 0.339 e. The number of halogens is 5. The van der Waals surface area contributed by atoms with Crippen molar-refractivity contribution >= 4 is 47.4 Å². The summed E-state index contributed by atoms with van der Waals surface area (Å²) in [6.07, 6.45) is -0.578. The Bertz CT molecular complexity index is 1560. The largest absolute Gasteiger partial charge is 0.435 e. The van der Waals surface area contributed by atoms with Gasteiger partial charge in [0.2, 0.25) is 5.91 Å². The van der Waals surface area contributed by atoms with Crippen molar-refractivity contribution in [3.8, 4) is 11.3 Å². The fourth-order valence-corrected chi connectivity index (χ4v) is 5.77. The molecule has 0 radical (unpaired) electrons. The maximum Gasteiger partial charge on any atom is 0.435 e. The predicted molar refractivity (Wildman–Crippen MR) is 165 cm³/mol. The lowest BCUT2D eigenvalue weighted by molar-refractivity contribution is -0.141. The molecular formula is C29H35Cl2F3N8O3. The van der Waals surface area contributed by atoms with E-state index in [4.69, 9.17) is 11.6 Å². The second-order valence-electron chi connectivity index (χ2n) is 11.3. The van der Waals surface area contributed by atoms with Crippen LogP contribution < -0.4 is 10.6 Å². The van der Waals surface area contributed by atoms with Crippen LogP contribution in [0.1, 0.15) is 59.4 Å². The van der Waals surface area contributed by atoms with Gasteiger partial charge in [0.15, 0.2) is 11.5 Å². The van der Waals surface area contributed by atoms with Gasteiger partial charge in [-0.25, -0.2) is 4.98 Å². The number of benzene rings is 1. The van der Waals surface area contributed by atoms with E-state index < -0.39 is 17.8 Å². The van der Waals surface area contributed by atoms with Crippen molar-refractivity contribution in [3.63, 3.8) is 0 Å². The van der Waals surface area contributed by atoms with Gasteiger partial charge in [-0.3, -0.25) is 19.1 Å². The lowest BCUT2D eigenvalue weighted by Crippen LogP contribution is -2.52. The highest BCUT2D eigenvalue weighted by atomic mass is 35.5. The standard InChI is InChI=1S/C29H34ClF3N8O3.ClH/c1-17(2)41-16-21(24(37-41)29(31,32)33)23-15-35-25(38(23)3)26(42)36-19-4-5-20(22(30)14-19)28(44)40-12-10-39(11-13-40)27(43)18-6-8-34-9-7-18;/h4-5,14-18,34H,6-13H2,1-3H3,(H,36,42);1H. The molecule has 0 atom stereocenters. The van der Waals surface area contributed by atoms with E-state index in [1.165, 1.54) is 46.9 Å². The molecule has 0 aliphatic carbocycles. The van der Waals surface area contributed by atoms with Gasteiger partial charge < -0.3 is 25.0 Å². The minimum absolute atomic E-state index is 0. The molecule has 2 saturated heterocycles. The minimum Gasteiger partial charge on any atom is -0.339 e. The Kier molecular flexibility index (Phi) is 10.5. The molecule has 2 aliphatic rings. The van der Waals surface area contributed by atoms with Gasteiger partial charge in [0, 0.05) is 57.1 Å². The monoisotopic (exact) mass is 670 g/mol. The lowest BCUT2D eigenvalue weighted by Gasteiger charge is -2.37. The number of anilines is 1. The molecule has 5 rings (SSSR count). The third kappa shape index (κ3) is 7.28. The third-order valence-electron chi connectivity index (χ3n) is 8.02. The number of nitrogens with zero attached hydrogens (tertiary/aromatic N) is 6. The summed E-state index contributed by atoms with van der Waals surface area (Å²) < 4.78 is 43.6. The summed E-state index contributed by atoms with van der Waals surface area (Å²) in [6.45, 7) is 6.77. The number of hydrogen-bond donors (Lipinski definition) is 2. The van der Waals surface area contributed by atoms with E-state index in [0.29, 0.717) is 26.2 Å². The molecule has 2 N–H and O–H groups in total. The molecule has 0 saturated carbocycles. The average Bonchev–Trinajstić information content (AvgIpc) is 3.61. The molecule has 0 unspecified atom stereocenters. The fourth-order valence-electron chi connectivity index (χ4n) is 5.50. The van der Waals surface area contributed by atoms with Gasteiger partial charge in [0.25, 0.3) is 11.8 Å². The zero-order valence-electron chi connectivity index (χ0n) is 25.0. The van der Waals surface area contributed by atoms with Gasteiger partial charge in [-0.15, -0.1) is 12.4 Å². The first kappa shape index (κ1) is 34.3. The van der Waals surface area contributed by atoms with E-state index >= 15 is 0 Å². The predicted octanol–water partition coefficient (Wildman–Crippen LogP) is 4.49. The number of amides is 3. The van der Waals surface area contributed by atoms with Crippen molar-refractivity contribution in [2.45, 2.75) is 38.9 Å². The van der Waals surface area contributed by atoms with Gasteiger partial charge in [-0.1, -0.05) is 11.6 Å². The van der Waals surface area contributed by atoms with Crippen LogP contribution in [-0.4, -0.2) is 86.1 Å². The zero-order valence-corrected chi connectivity index (χ0v) is 26.6. The average molecular weight is 672 g/mol. The van der Waals surface area contributed by atoms with E-state index in [9.17, 15) is 27.6 Å². The first-order valence-corrected chi connectivity index (χ1v) is 14.8. The van der Waals surface area contributed by atoms with Gasteiger partial charge in [-0.05, 0) is 58.0 Å². The van der Waals surface area contributed by atoms with Crippen LogP contribution in [0.4, 0.5) is 18.9 Å². The summed E-state index contributed by atoms with van der Waals surface area (Å²) >= 11 is 6.45. The molecule has 0 spiro atoms. The molecule has 2 aliphatic heterocycles. The number of nitrogens with one attached hydrogen (secondary N) is 2. The molecule has 2 aromatic heterocycles. The number of aromatic nitrogens is 4. The van der Waals surface area contributed by atoms with Crippen molar-refractivity contribution in [2.24, 2.45) is 13.0 Å². The molecule has 0 bridgehead atoms. The number of carbonyl (C=O) groups excluding carboxylic acids is 3. The van der Waals surface area contributed by atoms with Crippen molar-refractivity contribution < 1.29 is 27.6 Å². The molecule has 1 aromatic carbocycles. The molecule has 2 fully saturated rings. The first-order valence-electron chi connectivity index (χ1n) is 14.4. The van der Waals surface area contributed by atoms with E-state index in [2.05, 4.69) is 20.7 Å². The number of imidazole rings is 1. The van der Waals surface area contributed by atoms with Gasteiger partial charge >= 0.3 is 6.18 Å². The maximum atomic E-state index is 13.7. The summed E-state index contributed by atoms with van der Waals surface area (Å²) in [5.41, 5.74) is -0.650. The topological polar surface area (TPSA) is 117 Å². The molecule has 244 valence electrons. The van der Waals surface area contributed by atoms with Crippen LogP contribution in [0.25, 0.3) is 11.3 Å². The molecule has 16 heteroatoms. The van der Waals surface area contributed by atoms with Crippen molar-refractivity contribution in [2.75, 3.05) is 44.6 Å². The molecule has 45 heavy (non-hydrogen) atoms. The molecule has 4 heterocycles. The van der Waals surface area contributed by atoms with Crippen LogP contribution in [0.15, 0.2) is 30.6 Å². The highest BCUT2D eigenvalue weighted by Crippen LogP contribution is 2.37. The lowest BCUT2D eigenvalue weighted by atomic mass is 9.96. The second-order valence-corrected chi connectivity index (χ2v) is 11.7. The number of piperazine rings is 1. The van der Waals surface area contributed by atoms with Crippen molar-refractivity contribution in [3.05, 3.63) is 52.7 Å². The summed E-state index contributed by atoms with van der Waals surface area (Å²) in [5, 5.41) is 9.73. The van der Waals surface area contributed by atoms with Crippen LogP contribution in [-0.2, 0) is 18.0 Å². The Morgan fingerprint density at radius 3 is 2.31 bits per heavy atom. The van der Waals surface area contributed by atoms with Crippen molar-refractivity contribution in [1.82, 2.24) is 34.4 Å². The Balaban J connectivity index is 0.00000461. The normalized spacial score (nSPS) is 16.1. The van der Waals surface area contributed by atoms with E-state index in [1.807, 2.05) is 4.90 Å². The Hall–Kier alpha value is -3.62. The van der Waals surface area contributed by atoms with Gasteiger partial charge in [0.05, 0.1) is 28.0 Å². The third-order valence-corrected chi connectivity index (χ3v) is 8.33. The van der Waals surface area contributed by atoms with E-state index in [0.717, 1.165) is 25.9 Å². The number of piperidine rings is 1. The summed E-state index contributed by atoms with van der Waals surface area (Å²) in [7, 11) is 1.44. The Morgan fingerprint density at radius 2 is 1.71 bits per heavy atom. The number of rotatable bonds is 6. The fraction of sp³-hybridized carbons (Fsp3) is 0.483. The van der Waals surface area contributed by atoms with Crippen LogP contribution >= 0.6 is 24.0 Å². The summed E-state index contributed by atoms with van der Waals surface area (Å²) in [6, 6.07) is 4.15. The van der Waals surface area contributed by atoms with Gasteiger partial charge in [-0.2, -0.15) is 18.3 Å². The highest BCUT2D eigenvalue weighted by Gasteiger charge is 2.39. The Morgan fingerprint density at radius 1 is 1.07 bits per heavy atom. The van der Waals surface area contributed by atoms with Crippen LogP contribution in [0.5, 0.6) is 0 Å². The zero-order chi connectivity index (χ0) is 31.8. The Labute approximate surface area is 269 Å². The number of alkyl halides is 3. The van der Waals surface area contributed by atoms with Crippen molar-refractivity contribution in [1.29, 1.82) is 0 Å². The maximum absolute atomic E-state index is 13.7. The van der Waals surface area contributed by atoms with Crippen LogP contribution in [0.2, 0.25) is 5.02 Å². The molecule has 11 nitrogen and oxygen atoms in total. The SMILES string of the molecule is CC(C)n1cc(-c2cnc(C(=O)Nc3ccc(C(=O)N4CCN(C(=O)C5CCNCC5)CC4)c(Cl)c3)n2C)c(C(F)(F)F)n1.Cl. The van der Waals surface area contributed by atoms with Crippen LogP contribution in [0, 0.1) is 5.92 Å². The van der Waals surface area contributed by atoms with Gasteiger partial charge in [0.1, 0.15) is 0 Å². The highest BCUT2D eigenvalue weighted by molar-refractivity contribution is 6.34. The van der Waals surface area contributed by atoms with E-state index in [1.54, 1.807) is 18.7 Å². The van der Waals surface area contributed by atoms with E-state index in [-0.39, 0.29) is 69.5 Å². The molecule has 3 aromatic rings. The summed E-state index contributed by atoms with van der Waals surface area (Å²) in [4.78, 5) is 46.7. The molecular weight excluding hydrogens is 636 g/mol.